The van der Waals surface area contributed by atoms with Crippen LogP contribution in [0.3, 0.4) is 0 Å². The molecule has 2 amide bonds. The van der Waals surface area contributed by atoms with Crippen molar-refractivity contribution in [2.24, 2.45) is 17.1 Å². The predicted octanol–water partition coefficient (Wildman–Crippen LogP) is 5.81. The minimum atomic E-state index is -0.603. The number of hydrogen-bond acceptors (Lipinski definition) is 8. The maximum atomic E-state index is 14.3. The highest BCUT2D eigenvalue weighted by Gasteiger charge is 2.32. The molecule has 3 aromatic heterocycles. The first-order valence-corrected chi connectivity index (χ1v) is 15.7. The molecule has 0 bridgehead atoms. The number of nitrogens with zero attached hydrogens (tertiary/aromatic N) is 2. The molecule has 1 aromatic carbocycles. The van der Waals surface area contributed by atoms with Crippen LogP contribution < -0.4 is 21.3 Å². The molecule has 3 heterocycles. The molecule has 4 aromatic rings. The number of nitrogens with one attached hydrogen (secondary N) is 1. The lowest BCUT2D eigenvalue weighted by Gasteiger charge is -2.33. The average molecular weight is 597 g/mol. The van der Waals surface area contributed by atoms with Gasteiger partial charge in [-0.2, -0.15) is 0 Å². The number of thiophene rings is 2. The van der Waals surface area contributed by atoms with E-state index in [0.717, 1.165) is 30.4 Å². The van der Waals surface area contributed by atoms with Gasteiger partial charge >= 0.3 is 0 Å². The largest absolute Gasteiger partial charge is 0.497 e. The smallest absolute Gasteiger partial charge is 0.267 e. The monoisotopic (exact) mass is 596 g/mol. The molecule has 0 fully saturated rings. The van der Waals surface area contributed by atoms with Gasteiger partial charge in [0.25, 0.3) is 11.5 Å². The Morgan fingerprint density at radius 3 is 2.75 bits per heavy atom. The Morgan fingerprint density at radius 1 is 1.27 bits per heavy atom. The molecule has 8 nitrogen and oxygen atoms in total. The lowest BCUT2D eigenvalue weighted by molar-refractivity contribution is -0.113. The Balaban J connectivity index is 1.57. The van der Waals surface area contributed by atoms with Crippen LogP contribution in [0.4, 0.5) is 5.00 Å². The van der Waals surface area contributed by atoms with Crippen LogP contribution >= 0.6 is 34.4 Å². The number of carbonyl (C=O) groups excluding carboxylic acids is 2. The van der Waals surface area contributed by atoms with Crippen LogP contribution in [-0.4, -0.2) is 34.2 Å². The molecule has 0 spiro atoms. The van der Waals surface area contributed by atoms with Crippen molar-refractivity contribution in [3.05, 3.63) is 61.6 Å². The second kappa shape index (κ2) is 11.0. The number of amides is 2. The van der Waals surface area contributed by atoms with Gasteiger partial charge in [-0.05, 0) is 66.2 Å². The molecule has 1 atom stereocenters. The first-order valence-electron chi connectivity index (χ1n) is 13.0. The summed E-state index contributed by atoms with van der Waals surface area (Å²) in [6.07, 6.45) is 2.82. The van der Waals surface area contributed by atoms with Crippen molar-refractivity contribution in [1.82, 2.24) is 9.55 Å². The van der Waals surface area contributed by atoms with Gasteiger partial charge in [0.1, 0.15) is 15.6 Å². The summed E-state index contributed by atoms with van der Waals surface area (Å²) in [4.78, 5) is 45.7. The summed E-state index contributed by atoms with van der Waals surface area (Å²) in [6, 6.07) is 7.17. The van der Waals surface area contributed by atoms with Gasteiger partial charge in [-0.1, -0.05) is 38.6 Å². The number of primary amides is 1. The van der Waals surface area contributed by atoms with Gasteiger partial charge in [0.2, 0.25) is 5.91 Å². The van der Waals surface area contributed by atoms with E-state index in [1.165, 1.54) is 28.0 Å². The quantitative estimate of drug-likeness (QED) is 0.206. The van der Waals surface area contributed by atoms with Crippen molar-refractivity contribution >= 4 is 61.5 Å². The van der Waals surface area contributed by atoms with E-state index >= 15 is 0 Å². The molecule has 0 saturated heterocycles. The number of aryl methyl sites for hydroxylation is 2. The highest BCUT2D eigenvalue weighted by molar-refractivity contribution is 7.99. The molecule has 1 aliphatic rings. The Labute approximate surface area is 245 Å². The molecule has 210 valence electrons. The minimum absolute atomic E-state index is 0.00570. The Hall–Kier alpha value is -3.15. The minimum Gasteiger partial charge on any atom is -0.497 e. The number of rotatable bonds is 7. The third-order valence-electron chi connectivity index (χ3n) is 7.45. The van der Waals surface area contributed by atoms with Gasteiger partial charge in [-0.3, -0.25) is 19.0 Å². The van der Waals surface area contributed by atoms with Crippen LogP contribution in [0.2, 0.25) is 0 Å². The van der Waals surface area contributed by atoms with E-state index in [1.54, 1.807) is 34.5 Å². The number of fused-ring (bicyclic) bond motifs is 3. The normalized spacial score (nSPS) is 15.2. The molecule has 40 heavy (non-hydrogen) atoms. The number of carbonyl (C=O) groups is 2. The lowest BCUT2D eigenvalue weighted by Crippen LogP contribution is -2.27. The molecule has 0 saturated carbocycles. The molecule has 3 N–H and O–H groups in total. The van der Waals surface area contributed by atoms with Gasteiger partial charge in [0.15, 0.2) is 5.16 Å². The fraction of sp³-hybridized carbons (Fsp3) is 0.379. The standard InChI is InChI=1S/C29H32N4O4S3/c1-15-6-8-17(37-5)13-20(15)33-27(36)23-18-9-7-16(29(2,3)4)12-21(18)40-26(23)32-28(33)39-14-22(34)31-25-19(24(30)35)10-11-38-25/h6,8,10-11,13,16H,7,9,12,14H2,1-5H3,(H2,30,35)(H,31,34). The van der Waals surface area contributed by atoms with E-state index in [2.05, 4.69) is 26.1 Å². The topological polar surface area (TPSA) is 116 Å². The van der Waals surface area contributed by atoms with Crippen LogP contribution in [0.5, 0.6) is 5.75 Å². The summed E-state index contributed by atoms with van der Waals surface area (Å²) in [5.41, 5.74) is 8.40. The van der Waals surface area contributed by atoms with E-state index in [-0.39, 0.29) is 28.2 Å². The molecular weight excluding hydrogens is 565 g/mol. The summed E-state index contributed by atoms with van der Waals surface area (Å²) >= 11 is 4.01. The third-order valence-corrected chi connectivity index (χ3v) is 10.4. The summed E-state index contributed by atoms with van der Waals surface area (Å²) < 4.78 is 7.08. The van der Waals surface area contributed by atoms with Crippen LogP contribution in [0.1, 0.15) is 53.6 Å². The molecule has 0 aliphatic heterocycles. The van der Waals surface area contributed by atoms with E-state index < -0.39 is 5.91 Å². The molecule has 1 unspecified atom stereocenters. The third kappa shape index (κ3) is 5.42. The zero-order valence-electron chi connectivity index (χ0n) is 23.1. The van der Waals surface area contributed by atoms with Gasteiger partial charge in [-0.25, -0.2) is 4.98 Å². The summed E-state index contributed by atoms with van der Waals surface area (Å²) in [7, 11) is 1.59. The highest BCUT2D eigenvalue weighted by Crippen LogP contribution is 2.42. The number of aromatic nitrogens is 2. The first kappa shape index (κ1) is 28.4. The lowest BCUT2D eigenvalue weighted by atomic mass is 9.72. The second-order valence-corrected chi connectivity index (χ2v) is 14.0. The maximum Gasteiger partial charge on any atom is 0.267 e. The second-order valence-electron chi connectivity index (χ2n) is 11.0. The average Bonchev–Trinajstić information content (AvgIpc) is 3.51. The van der Waals surface area contributed by atoms with Gasteiger partial charge in [0, 0.05) is 10.9 Å². The fourth-order valence-electron chi connectivity index (χ4n) is 5.10. The van der Waals surface area contributed by atoms with Crippen molar-refractivity contribution in [2.75, 3.05) is 18.2 Å². The summed E-state index contributed by atoms with van der Waals surface area (Å²) in [5, 5.41) is 5.97. The van der Waals surface area contributed by atoms with E-state index in [0.29, 0.717) is 37.7 Å². The Kier molecular flexibility index (Phi) is 7.82. The maximum absolute atomic E-state index is 14.3. The van der Waals surface area contributed by atoms with E-state index in [4.69, 9.17) is 15.5 Å². The summed E-state index contributed by atoms with van der Waals surface area (Å²) in [5.74, 6) is 0.230. The zero-order valence-corrected chi connectivity index (χ0v) is 25.6. The molecule has 1 aliphatic carbocycles. The summed E-state index contributed by atoms with van der Waals surface area (Å²) in [6.45, 7) is 8.76. The van der Waals surface area contributed by atoms with E-state index in [1.807, 2.05) is 25.1 Å². The fourth-order valence-corrected chi connectivity index (χ4v) is 8.06. The van der Waals surface area contributed by atoms with Crippen molar-refractivity contribution in [1.29, 1.82) is 0 Å². The number of hydrogen-bond donors (Lipinski definition) is 2. The van der Waals surface area contributed by atoms with Crippen LogP contribution in [-0.2, 0) is 17.6 Å². The van der Waals surface area contributed by atoms with Gasteiger partial charge in [0.05, 0.1) is 29.5 Å². The molecule has 0 radical (unpaired) electrons. The first-order chi connectivity index (χ1) is 19.0. The van der Waals surface area contributed by atoms with Gasteiger partial charge in [-0.15, -0.1) is 22.7 Å². The van der Waals surface area contributed by atoms with Crippen LogP contribution in [0.15, 0.2) is 39.6 Å². The number of methoxy groups -OCH3 is 1. The van der Waals surface area contributed by atoms with Gasteiger partial charge < -0.3 is 15.8 Å². The molecule has 11 heteroatoms. The highest BCUT2D eigenvalue weighted by atomic mass is 32.2. The number of ether oxygens (including phenoxy) is 1. The van der Waals surface area contributed by atoms with Crippen molar-refractivity contribution in [3.63, 3.8) is 0 Å². The molecule has 5 rings (SSSR count). The van der Waals surface area contributed by atoms with Crippen molar-refractivity contribution < 1.29 is 14.3 Å². The number of nitrogens with two attached hydrogens (primary N) is 1. The van der Waals surface area contributed by atoms with Crippen molar-refractivity contribution in [2.45, 2.75) is 52.1 Å². The van der Waals surface area contributed by atoms with Crippen LogP contribution in [0, 0.1) is 18.3 Å². The Morgan fingerprint density at radius 2 is 2.05 bits per heavy atom. The molecular formula is C29H32N4O4S3. The van der Waals surface area contributed by atoms with Crippen LogP contribution in [0.25, 0.3) is 15.9 Å². The van der Waals surface area contributed by atoms with E-state index in [9.17, 15) is 14.4 Å². The Bertz CT molecular complexity index is 1680. The predicted molar refractivity (Wildman–Crippen MR) is 164 cm³/mol. The zero-order chi connectivity index (χ0) is 28.8. The number of thioether (sulfide) groups is 1. The number of benzene rings is 1. The van der Waals surface area contributed by atoms with Crippen molar-refractivity contribution in [3.8, 4) is 11.4 Å². The SMILES string of the molecule is COc1ccc(C)c(-n2c(SCC(=O)Nc3sccc3C(N)=O)nc3sc4c(c3c2=O)CCC(C(C)(C)C)C4)c1. The number of anilines is 1.